The molecule has 0 aliphatic carbocycles. The summed E-state index contributed by atoms with van der Waals surface area (Å²) in [6, 6.07) is 13.5. The lowest BCUT2D eigenvalue weighted by Gasteiger charge is -2.18. The van der Waals surface area contributed by atoms with Gasteiger partial charge in [-0.2, -0.15) is 5.26 Å². The summed E-state index contributed by atoms with van der Waals surface area (Å²) in [6.07, 6.45) is 3.32. The molecule has 0 aliphatic heterocycles. The van der Waals surface area contributed by atoms with Crippen LogP contribution in [0.2, 0.25) is 0 Å². The van der Waals surface area contributed by atoms with Crippen LogP contribution in [0.1, 0.15) is 30.0 Å². The third-order valence-corrected chi connectivity index (χ3v) is 6.19. The fraction of sp³-hybridized carbons (Fsp3) is 0.192. The van der Waals surface area contributed by atoms with Crippen molar-refractivity contribution in [3.63, 3.8) is 0 Å². The number of hydrogen-bond donors (Lipinski definition) is 2. The van der Waals surface area contributed by atoms with Crippen molar-refractivity contribution in [2.24, 2.45) is 0 Å². The van der Waals surface area contributed by atoms with Crippen molar-refractivity contribution in [3.05, 3.63) is 65.7 Å². The number of carboxylic acid groups (broad SMARTS) is 1. The fourth-order valence-corrected chi connectivity index (χ4v) is 4.58. The second kappa shape index (κ2) is 9.03. The van der Waals surface area contributed by atoms with E-state index >= 15 is 0 Å². The van der Waals surface area contributed by atoms with Gasteiger partial charge in [0.25, 0.3) is 0 Å². The number of hydrogen-bond acceptors (Lipinski definition) is 8. The number of aryl methyl sites for hydroxylation is 1. The Labute approximate surface area is 205 Å². The maximum atomic E-state index is 11.4. The summed E-state index contributed by atoms with van der Waals surface area (Å²) in [5.41, 5.74) is 4.83. The monoisotopic (exact) mass is 482 g/mol. The maximum Gasteiger partial charge on any atom is 0.311 e. The summed E-state index contributed by atoms with van der Waals surface area (Å²) in [6.45, 7) is 3.79. The van der Waals surface area contributed by atoms with E-state index in [9.17, 15) is 15.2 Å². The Hall–Kier alpha value is -4.91. The molecule has 0 amide bonds. The molecule has 3 aromatic heterocycles. The topological polar surface area (TPSA) is 139 Å². The molecule has 2 N–H and O–H groups in total. The fourth-order valence-electron chi connectivity index (χ4n) is 4.58. The van der Waals surface area contributed by atoms with Gasteiger partial charge in [-0.1, -0.05) is 35.5 Å². The van der Waals surface area contributed by atoms with E-state index < -0.39 is 5.97 Å². The van der Waals surface area contributed by atoms with Gasteiger partial charge in [0, 0.05) is 10.9 Å². The largest absolute Gasteiger partial charge is 0.496 e. The van der Waals surface area contributed by atoms with Crippen molar-refractivity contribution >= 4 is 33.9 Å². The summed E-state index contributed by atoms with van der Waals surface area (Å²) >= 11 is 0. The number of pyridine rings is 1. The molecule has 2 aromatic carbocycles. The first-order valence-corrected chi connectivity index (χ1v) is 11.2. The maximum absolute atomic E-state index is 11.4. The lowest BCUT2D eigenvalue weighted by atomic mass is 9.99. The average Bonchev–Trinajstić information content (AvgIpc) is 3.42. The number of ether oxygens (including phenoxy) is 1. The number of anilines is 1. The van der Waals surface area contributed by atoms with E-state index in [1.54, 1.807) is 20.2 Å². The molecule has 0 aliphatic rings. The van der Waals surface area contributed by atoms with Gasteiger partial charge in [0.1, 0.15) is 17.7 Å². The molecular formula is C26H22N6O4. The van der Waals surface area contributed by atoms with Crippen LogP contribution >= 0.6 is 0 Å². The van der Waals surface area contributed by atoms with Crippen molar-refractivity contribution < 1.29 is 19.2 Å². The summed E-state index contributed by atoms with van der Waals surface area (Å²) < 4.78 is 13.0. The molecule has 5 rings (SSSR count). The average molecular weight is 483 g/mol. The molecule has 0 bridgehead atoms. The number of aliphatic carboxylic acids is 1. The van der Waals surface area contributed by atoms with E-state index in [2.05, 4.69) is 20.4 Å². The van der Waals surface area contributed by atoms with Crippen molar-refractivity contribution in [2.45, 2.75) is 26.3 Å². The second-order valence-corrected chi connectivity index (χ2v) is 8.33. The van der Waals surface area contributed by atoms with Crippen LogP contribution < -0.4 is 10.1 Å². The summed E-state index contributed by atoms with van der Waals surface area (Å²) in [5.74, 6) is 0.120. The second-order valence-electron chi connectivity index (χ2n) is 8.33. The van der Waals surface area contributed by atoms with Gasteiger partial charge in [0.15, 0.2) is 12.0 Å². The Balaban J connectivity index is 1.79. The number of nitriles is 1. The van der Waals surface area contributed by atoms with Gasteiger partial charge in [-0.15, -0.1) is 0 Å². The molecule has 36 heavy (non-hydrogen) atoms. The standard InChI is InChI=1S/C26H22N6O4/c1-14-24(22(36-31-14)11-23(33)34)18-9-19-17(10-21(18)35-3)25-20(12-28-19)30-26(29-13-27)32(25)15(2)16-7-5-4-6-8-16/h4-10,12,15H,11H2,1-3H3,(H,29,30)(H,33,34)/t15-/m1/s1. The van der Waals surface area contributed by atoms with Crippen molar-refractivity contribution in [3.8, 4) is 23.1 Å². The molecule has 0 saturated heterocycles. The highest BCUT2D eigenvalue weighted by molar-refractivity contribution is 6.06. The van der Waals surface area contributed by atoms with E-state index in [0.29, 0.717) is 39.6 Å². The number of aromatic nitrogens is 4. The van der Waals surface area contributed by atoms with E-state index in [1.165, 1.54) is 0 Å². The molecule has 0 saturated carbocycles. The van der Waals surface area contributed by atoms with Crippen LogP contribution in [-0.2, 0) is 11.2 Å². The highest BCUT2D eigenvalue weighted by Crippen LogP contribution is 2.40. The van der Waals surface area contributed by atoms with E-state index in [0.717, 1.165) is 16.5 Å². The van der Waals surface area contributed by atoms with Crippen LogP contribution in [0.15, 0.2) is 53.2 Å². The summed E-state index contributed by atoms with van der Waals surface area (Å²) in [7, 11) is 1.55. The molecule has 0 spiro atoms. The third kappa shape index (κ3) is 3.76. The Bertz CT molecular complexity index is 1650. The number of carboxylic acids is 1. The number of carbonyl (C=O) groups is 1. The van der Waals surface area contributed by atoms with Crippen molar-refractivity contribution in [1.82, 2.24) is 19.7 Å². The molecule has 0 radical (unpaired) electrons. The Morgan fingerprint density at radius 3 is 2.75 bits per heavy atom. The van der Waals surface area contributed by atoms with Crippen LogP contribution in [0.3, 0.4) is 0 Å². The van der Waals surface area contributed by atoms with E-state index in [-0.39, 0.29) is 18.2 Å². The number of nitrogens with zero attached hydrogens (tertiary/aromatic N) is 5. The highest BCUT2D eigenvalue weighted by atomic mass is 16.5. The molecule has 5 aromatic rings. The van der Waals surface area contributed by atoms with Gasteiger partial charge in [0.2, 0.25) is 5.95 Å². The predicted octanol–water partition coefficient (Wildman–Crippen LogP) is 4.69. The molecule has 10 heteroatoms. The molecule has 0 fully saturated rings. The third-order valence-electron chi connectivity index (χ3n) is 6.19. The normalized spacial score (nSPS) is 11.9. The van der Waals surface area contributed by atoms with Crippen LogP contribution in [0.4, 0.5) is 5.95 Å². The van der Waals surface area contributed by atoms with Gasteiger partial charge in [-0.3, -0.25) is 15.1 Å². The number of imidazole rings is 1. The Kier molecular flexibility index (Phi) is 5.74. The highest BCUT2D eigenvalue weighted by Gasteiger charge is 2.24. The van der Waals surface area contributed by atoms with Crippen LogP contribution in [-0.4, -0.2) is 37.9 Å². The first kappa shape index (κ1) is 22.9. The Morgan fingerprint density at radius 1 is 1.28 bits per heavy atom. The van der Waals surface area contributed by atoms with Crippen molar-refractivity contribution in [1.29, 1.82) is 5.26 Å². The number of benzene rings is 2. The lowest BCUT2D eigenvalue weighted by molar-refractivity contribution is -0.136. The van der Waals surface area contributed by atoms with Gasteiger partial charge in [-0.05, 0) is 31.5 Å². The SMILES string of the molecule is COc1cc2c(cc1-c1c(C)noc1CC(=O)O)ncc1nc(NC#N)n([C@H](C)c3ccccc3)c12. The molecule has 1 atom stereocenters. The van der Waals surface area contributed by atoms with E-state index in [1.807, 2.05) is 60.1 Å². The minimum atomic E-state index is -1.02. The van der Waals surface area contributed by atoms with Crippen molar-refractivity contribution in [2.75, 3.05) is 12.4 Å². The Morgan fingerprint density at radius 2 is 2.06 bits per heavy atom. The first-order chi connectivity index (χ1) is 17.4. The minimum Gasteiger partial charge on any atom is -0.496 e. The molecule has 180 valence electrons. The van der Waals surface area contributed by atoms with Gasteiger partial charge in [-0.25, -0.2) is 4.98 Å². The lowest BCUT2D eigenvalue weighted by Crippen LogP contribution is -2.10. The van der Waals surface area contributed by atoms with Gasteiger partial charge >= 0.3 is 5.97 Å². The minimum absolute atomic E-state index is 0.147. The molecule has 10 nitrogen and oxygen atoms in total. The summed E-state index contributed by atoms with van der Waals surface area (Å²) in [4.78, 5) is 20.6. The predicted molar refractivity (Wildman–Crippen MR) is 133 cm³/mol. The van der Waals surface area contributed by atoms with Gasteiger partial charge in [0.05, 0.1) is 41.6 Å². The van der Waals surface area contributed by atoms with Gasteiger partial charge < -0.3 is 18.9 Å². The molecule has 3 heterocycles. The van der Waals surface area contributed by atoms with E-state index in [4.69, 9.17) is 9.26 Å². The molecular weight excluding hydrogens is 460 g/mol. The zero-order chi connectivity index (χ0) is 25.4. The van der Waals surface area contributed by atoms with Crippen LogP contribution in [0.25, 0.3) is 33.1 Å². The zero-order valence-corrected chi connectivity index (χ0v) is 19.8. The number of methoxy groups -OCH3 is 1. The quantitative estimate of drug-likeness (QED) is 0.250. The van der Waals surface area contributed by atoms with Crippen LogP contribution in [0.5, 0.6) is 5.75 Å². The summed E-state index contributed by atoms with van der Waals surface area (Å²) in [5, 5.41) is 26.1. The zero-order valence-electron chi connectivity index (χ0n) is 19.8. The first-order valence-electron chi connectivity index (χ1n) is 11.2. The number of rotatable bonds is 7. The molecule has 0 unspecified atom stereocenters. The smallest absolute Gasteiger partial charge is 0.311 e. The number of fused-ring (bicyclic) bond motifs is 3. The van der Waals surface area contributed by atoms with Crippen LogP contribution in [0, 0.1) is 18.4 Å². The number of nitrogens with one attached hydrogen (secondary N) is 1.